The molecular weight excluding hydrogens is 345 g/mol. The van der Waals surface area contributed by atoms with E-state index in [1.165, 1.54) is 18.2 Å². The molecule has 2 nitrogen and oxygen atoms in total. The average Bonchev–Trinajstić information content (AvgIpc) is 2.35. The quantitative estimate of drug-likeness (QED) is 0.737. The van der Waals surface area contributed by atoms with Gasteiger partial charge in [0.1, 0.15) is 11.4 Å². The van der Waals surface area contributed by atoms with Crippen LogP contribution >= 0.6 is 0 Å². The Hall–Kier alpha value is -1.51. The lowest BCUT2D eigenvalue weighted by molar-refractivity contribution is -0.358. The van der Waals surface area contributed by atoms with Crippen molar-refractivity contribution in [1.29, 1.82) is 0 Å². The van der Waals surface area contributed by atoms with Crippen LogP contribution in [0.3, 0.4) is 0 Å². The van der Waals surface area contributed by atoms with E-state index in [2.05, 4.69) is 0 Å². The highest BCUT2D eigenvalue weighted by atomic mass is 19.4. The number of para-hydroxylation sites is 1. The Balaban J connectivity index is 3.10. The lowest BCUT2D eigenvalue weighted by atomic mass is 9.98. The summed E-state index contributed by atoms with van der Waals surface area (Å²) in [7, 11) is 0. The summed E-state index contributed by atoms with van der Waals surface area (Å²) in [6.07, 6.45) is -10.8. The Labute approximate surface area is 134 Å². The minimum atomic E-state index is -6.43. The molecular formula is C15H17F7O2. The molecule has 1 aromatic rings. The third-order valence-electron chi connectivity index (χ3n) is 2.96. The molecule has 0 saturated carbocycles. The molecule has 0 aromatic heterocycles. The predicted molar refractivity (Wildman–Crippen MR) is 72.3 cm³/mol. The van der Waals surface area contributed by atoms with Crippen LogP contribution in [0.1, 0.15) is 38.9 Å². The summed E-state index contributed by atoms with van der Waals surface area (Å²) in [5, 5.41) is 9.80. The lowest BCUT2D eigenvalue weighted by Gasteiger charge is -2.30. The molecule has 0 aliphatic rings. The number of aliphatic hydroxyl groups excluding tert-OH is 1. The van der Waals surface area contributed by atoms with Crippen LogP contribution in [0.15, 0.2) is 24.3 Å². The fourth-order valence-electron chi connectivity index (χ4n) is 1.87. The molecule has 0 radical (unpaired) electrons. The van der Waals surface area contributed by atoms with Crippen LogP contribution in [0.5, 0.6) is 5.75 Å². The van der Waals surface area contributed by atoms with E-state index in [9.17, 15) is 35.8 Å². The fraction of sp³-hybridized carbons (Fsp3) is 0.600. The molecule has 0 amide bonds. The number of alkyl halides is 7. The van der Waals surface area contributed by atoms with E-state index in [4.69, 9.17) is 4.74 Å². The Morgan fingerprint density at radius 1 is 0.958 bits per heavy atom. The standard InChI is InChI=1S/C15H17F7O2/c1-12(2,3)24-11-7-5-4-6-9(11)10(23)8-13(16,17)14(18,19)15(20,21)22/h4-7,10,23H,8H2,1-3H3. The minimum absolute atomic E-state index is 0.0800. The molecule has 1 atom stereocenters. The van der Waals surface area contributed by atoms with E-state index in [-0.39, 0.29) is 11.3 Å². The van der Waals surface area contributed by atoms with Gasteiger partial charge in [-0.05, 0) is 26.8 Å². The molecule has 138 valence electrons. The number of halogens is 7. The monoisotopic (exact) mass is 362 g/mol. The molecule has 0 spiro atoms. The Morgan fingerprint density at radius 3 is 1.92 bits per heavy atom. The fourth-order valence-corrected chi connectivity index (χ4v) is 1.87. The van der Waals surface area contributed by atoms with Crippen molar-refractivity contribution in [3.8, 4) is 5.75 Å². The van der Waals surface area contributed by atoms with Gasteiger partial charge in [-0.25, -0.2) is 0 Å². The molecule has 1 aromatic carbocycles. The number of benzene rings is 1. The second-order valence-corrected chi connectivity index (χ2v) is 6.25. The number of hydrogen-bond acceptors (Lipinski definition) is 2. The summed E-state index contributed by atoms with van der Waals surface area (Å²) in [4.78, 5) is 0. The number of rotatable bonds is 5. The number of ether oxygens (including phenoxy) is 1. The topological polar surface area (TPSA) is 29.5 Å². The van der Waals surface area contributed by atoms with Crippen molar-refractivity contribution in [3.63, 3.8) is 0 Å². The van der Waals surface area contributed by atoms with Crippen molar-refractivity contribution in [2.24, 2.45) is 0 Å². The number of hydrogen-bond donors (Lipinski definition) is 1. The molecule has 0 aliphatic carbocycles. The van der Waals surface area contributed by atoms with Crippen LogP contribution in [-0.4, -0.2) is 28.7 Å². The van der Waals surface area contributed by atoms with Crippen LogP contribution in [0.4, 0.5) is 30.7 Å². The van der Waals surface area contributed by atoms with E-state index in [0.717, 1.165) is 6.07 Å². The molecule has 0 bridgehead atoms. The zero-order chi connectivity index (χ0) is 19.0. The van der Waals surface area contributed by atoms with E-state index in [1.807, 2.05) is 0 Å². The van der Waals surface area contributed by atoms with Crippen molar-refractivity contribution in [3.05, 3.63) is 29.8 Å². The third-order valence-corrected chi connectivity index (χ3v) is 2.96. The summed E-state index contributed by atoms with van der Waals surface area (Å²) < 4.78 is 94.6. The van der Waals surface area contributed by atoms with E-state index >= 15 is 0 Å². The highest BCUT2D eigenvalue weighted by Crippen LogP contribution is 2.50. The summed E-state index contributed by atoms with van der Waals surface area (Å²) in [5.41, 5.74) is -1.10. The summed E-state index contributed by atoms with van der Waals surface area (Å²) >= 11 is 0. The van der Waals surface area contributed by atoms with Crippen LogP contribution in [0.2, 0.25) is 0 Å². The SMILES string of the molecule is CC(C)(C)Oc1ccccc1C(O)CC(F)(F)C(F)(F)C(F)(F)F. The van der Waals surface area contributed by atoms with Crippen molar-refractivity contribution in [2.45, 2.75) is 56.9 Å². The summed E-state index contributed by atoms with van der Waals surface area (Å²) in [5.74, 6) is -11.8. The van der Waals surface area contributed by atoms with Gasteiger partial charge in [0.15, 0.2) is 0 Å². The summed E-state index contributed by atoms with van der Waals surface area (Å²) in [6, 6.07) is 5.17. The van der Waals surface area contributed by atoms with E-state index in [0.29, 0.717) is 0 Å². The van der Waals surface area contributed by atoms with Gasteiger partial charge >= 0.3 is 18.0 Å². The van der Waals surface area contributed by atoms with Gasteiger partial charge < -0.3 is 9.84 Å². The number of aliphatic hydroxyl groups is 1. The lowest BCUT2D eigenvalue weighted by Crippen LogP contribution is -2.52. The zero-order valence-corrected chi connectivity index (χ0v) is 13.1. The highest BCUT2D eigenvalue weighted by Gasteiger charge is 2.72. The minimum Gasteiger partial charge on any atom is -0.488 e. The van der Waals surface area contributed by atoms with E-state index < -0.39 is 36.1 Å². The van der Waals surface area contributed by atoms with Gasteiger partial charge in [0.25, 0.3) is 0 Å². The van der Waals surface area contributed by atoms with Gasteiger partial charge in [0.2, 0.25) is 0 Å². The van der Waals surface area contributed by atoms with Crippen molar-refractivity contribution in [1.82, 2.24) is 0 Å². The maximum atomic E-state index is 13.4. The smallest absolute Gasteiger partial charge is 0.459 e. The first-order valence-electron chi connectivity index (χ1n) is 6.87. The van der Waals surface area contributed by atoms with Crippen LogP contribution in [0.25, 0.3) is 0 Å². The molecule has 9 heteroatoms. The molecule has 1 N–H and O–H groups in total. The van der Waals surface area contributed by atoms with E-state index in [1.54, 1.807) is 20.8 Å². The molecule has 0 fully saturated rings. The normalized spacial score (nSPS) is 15.3. The van der Waals surface area contributed by atoms with Crippen molar-refractivity contribution in [2.75, 3.05) is 0 Å². The molecule has 24 heavy (non-hydrogen) atoms. The largest absolute Gasteiger partial charge is 0.488 e. The molecule has 0 saturated heterocycles. The molecule has 1 unspecified atom stereocenters. The first-order chi connectivity index (χ1) is 10.6. The first kappa shape index (κ1) is 20.5. The van der Waals surface area contributed by atoms with Crippen LogP contribution in [0, 0.1) is 0 Å². The molecule has 0 heterocycles. The third kappa shape index (κ3) is 4.52. The maximum Gasteiger partial charge on any atom is 0.459 e. The van der Waals surface area contributed by atoms with Crippen molar-refractivity contribution < 1.29 is 40.6 Å². The second kappa shape index (κ2) is 6.42. The first-order valence-corrected chi connectivity index (χ1v) is 6.87. The van der Waals surface area contributed by atoms with Gasteiger partial charge in [0.05, 0.1) is 6.10 Å². The van der Waals surface area contributed by atoms with Gasteiger partial charge in [-0.3, -0.25) is 0 Å². The predicted octanol–water partition coefficient (Wildman–Crippen LogP) is 5.12. The molecule has 1 rings (SSSR count). The van der Waals surface area contributed by atoms with Crippen molar-refractivity contribution >= 4 is 0 Å². The zero-order valence-electron chi connectivity index (χ0n) is 13.1. The van der Waals surface area contributed by atoms with Gasteiger partial charge in [-0.15, -0.1) is 0 Å². The Kier molecular flexibility index (Phi) is 5.49. The van der Waals surface area contributed by atoms with Gasteiger partial charge in [0, 0.05) is 12.0 Å². The Morgan fingerprint density at radius 2 is 1.46 bits per heavy atom. The van der Waals surface area contributed by atoms with Crippen LogP contribution in [-0.2, 0) is 0 Å². The average molecular weight is 362 g/mol. The maximum absolute atomic E-state index is 13.4. The molecule has 0 aliphatic heterocycles. The summed E-state index contributed by atoms with van der Waals surface area (Å²) in [6.45, 7) is 4.84. The van der Waals surface area contributed by atoms with Gasteiger partial charge in [-0.2, -0.15) is 30.7 Å². The highest BCUT2D eigenvalue weighted by molar-refractivity contribution is 5.35. The van der Waals surface area contributed by atoms with Crippen LogP contribution < -0.4 is 4.74 Å². The Bertz CT molecular complexity index is 562. The van der Waals surface area contributed by atoms with Gasteiger partial charge in [-0.1, -0.05) is 18.2 Å². The second-order valence-electron chi connectivity index (χ2n) is 6.25.